The average Bonchev–Trinajstić information content (AvgIpc) is 2.71. The molecular weight excluding hydrogens is 211 g/mol. The summed E-state index contributed by atoms with van der Waals surface area (Å²) in [7, 11) is 0. The predicted molar refractivity (Wildman–Crippen MR) is 62.5 cm³/mol. The van der Waals surface area contributed by atoms with E-state index < -0.39 is 0 Å². The molecule has 0 bridgehead atoms. The summed E-state index contributed by atoms with van der Waals surface area (Å²) >= 11 is 1.57. The number of aryl methyl sites for hydroxylation is 1. The number of alkyl halides is 1. The first-order valence-corrected chi connectivity index (χ1v) is 6.28. The van der Waals surface area contributed by atoms with Gasteiger partial charge in [-0.05, 0) is 31.4 Å². The Morgan fingerprint density at radius 2 is 1.87 bits per heavy atom. The minimum absolute atomic E-state index is 0.187. The molecule has 1 aromatic rings. The van der Waals surface area contributed by atoms with E-state index >= 15 is 0 Å². The van der Waals surface area contributed by atoms with Crippen LogP contribution in [0, 0.1) is 0 Å². The van der Waals surface area contributed by atoms with Gasteiger partial charge in [-0.1, -0.05) is 19.3 Å². The molecule has 1 aromatic heterocycles. The van der Waals surface area contributed by atoms with Gasteiger partial charge in [-0.15, -0.1) is 11.3 Å². The highest BCUT2D eigenvalue weighted by Crippen LogP contribution is 2.17. The Morgan fingerprint density at radius 3 is 2.53 bits per heavy atom. The quantitative estimate of drug-likeness (QED) is 0.485. The van der Waals surface area contributed by atoms with Gasteiger partial charge in [0.15, 0.2) is 6.29 Å². The zero-order valence-corrected chi connectivity index (χ0v) is 9.69. The molecule has 0 aliphatic heterocycles. The van der Waals surface area contributed by atoms with E-state index in [4.69, 9.17) is 0 Å². The van der Waals surface area contributed by atoms with Crippen molar-refractivity contribution in [3.63, 3.8) is 0 Å². The van der Waals surface area contributed by atoms with Crippen molar-refractivity contribution in [3.8, 4) is 0 Å². The molecule has 0 saturated heterocycles. The number of thiophene rings is 1. The van der Waals surface area contributed by atoms with Crippen molar-refractivity contribution in [2.45, 2.75) is 38.5 Å². The van der Waals surface area contributed by atoms with E-state index in [1.54, 1.807) is 11.3 Å². The molecule has 0 unspecified atom stereocenters. The van der Waals surface area contributed by atoms with Gasteiger partial charge in [0.05, 0.1) is 11.6 Å². The number of aldehydes is 1. The van der Waals surface area contributed by atoms with E-state index in [0.717, 1.165) is 43.3 Å². The molecule has 0 aliphatic rings. The third-order valence-electron chi connectivity index (χ3n) is 2.36. The van der Waals surface area contributed by atoms with E-state index in [-0.39, 0.29) is 6.67 Å². The van der Waals surface area contributed by atoms with Crippen LogP contribution in [-0.4, -0.2) is 13.0 Å². The molecule has 0 amide bonds. The number of carbonyl (C=O) groups is 1. The first-order valence-electron chi connectivity index (χ1n) is 5.46. The molecule has 0 fully saturated rings. The van der Waals surface area contributed by atoms with E-state index in [1.807, 2.05) is 12.1 Å². The first-order chi connectivity index (χ1) is 7.36. The van der Waals surface area contributed by atoms with Gasteiger partial charge in [-0.2, -0.15) is 0 Å². The van der Waals surface area contributed by atoms with Crippen LogP contribution < -0.4 is 0 Å². The summed E-state index contributed by atoms with van der Waals surface area (Å²) in [6, 6.07) is 3.89. The molecule has 1 nitrogen and oxygen atoms in total. The maximum atomic E-state index is 11.8. The van der Waals surface area contributed by atoms with Crippen LogP contribution >= 0.6 is 11.3 Å². The fourth-order valence-electron chi connectivity index (χ4n) is 1.52. The molecule has 0 atom stereocenters. The van der Waals surface area contributed by atoms with Crippen LogP contribution in [-0.2, 0) is 6.42 Å². The van der Waals surface area contributed by atoms with Crippen molar-refractivity contribution < 1.29 is 9.18 Å². The topological polar surface area (TPSA) is 17.1 Å². The number of rotatable bonds is 8. The second-order valence-electron chi connectivity index (χ2n) is 3.63. The van der Waals surface area contributed by atoms with Gasteiger partial charge >= 0.3 is 0 Å². The fourth-order valence-corrected chi connectivity index (χ4v) is 2.39. The molecule has 0 aliphatic carbocycles. The number of carbonyl (C=O) groups excluding carboxylic acids is 1. The average molecular weight is 228 g/mol. The van der Waals surface area contributed by atoms with Crippen molar-refractivity contribution in [1.29, 1.82) is 0 Å². The van der Waals surface area contributed by atoms with Gasteiger partial charge in [0.2, 0.25) is 0 Å². The van der Waals surface area contributed by atoms with Crippen molar-refractivity contribution in [1.82, 2.24) is 0 Å². The first kappa shape index (κ1) is 12.4. The van der Waals surface area contributed by atoms with Crippen LogP contribution in [0.1, 0.15) is 46.7 Å². The minimum atomic E-state index is -0.187. The van der Waals surface area contributed by atoms with Crippen LogP contribution in [0.4, 0.5) is 4.39 Å². The molecule has 1 heterocycles. The molecule has 15 heavy (non-hydrogen) atoms. The van der Waals surface area contributed by atoms with E-state index in [0.29, 0.717) is 6.42 Å². The zero-order valence-electron chi connectivity index (χ0n) is 8.88. The van der Waals surface area contributed by atoms with Gasteiger partial charge in [0.25, 0.3) is 0 Å². The lowest BCUT2D eigenvalue weighted by atomic mass is 10.1. The number of hydrogen-bond donors (Lipinski definition) is 0. The summed E-state index contributed by atoms with van der Waals surface area (Å²) in [5, 5.41) is 0. The van der Waals surface area contributed by atoms with Gasteiger partial charge in [0, 0.05) is 4.88 Å². The van der Waals surface area contributed by atoms with Crippen LogP contribution in [0.25, 0.3) is 0 Å². The lowest BCUT2D eigenvalue weighted by Crippen LogP contribution is -1.83. The summed E-state index contributed by atoms with van der Waals surface area (Å²) in [5.74, 6) is 0. The molecule has 0 aromatic carbocycles. The van der Waals surface area contributed by atoms with Crippen LogP contribution in [0.3, 0.4) is 0 Å². The van der Waals surface area contributed by atoms with Crippen molar-refractivity contribution in [2.75, 3.05) is 6.67 Å². The standard InChI is InChI=1S/C12H17FOS/c13-9-5-3-1-2-4-6-11-7-8-12(10-14)15-11/h7-8,10H,1-6,9H2. The zero-order chi connectivity index (χ0) is 10.9. The minimum Gasteiger partial charge on any atom is -0.297 e. The Kier molecular flexibility index (Phi) is 6.25. The van der Waals surface area contributed by atoms with Crippen molar-refractivity contribution in [3.05, 3.63) is 21.9 Å². The number of halogens is 1. The van der Waals surface area contributed by atoms with Crippen LogP contribution in [0.5, 0.6) is 0 Å². The predicted octanol–water partition coefficient (Wildman–Crippen LogP) is 4.02. The Hall–Kier alpha value is -0.700. The molecule has 0 saturated carbocycles. The van der Waals surface area contributed by atoms with Gasteiger partial charge < -0.3 is 0 Å². The van der Waals surface area contributed by atoms with Crippen molar-refractivity contribution in [2.24, 2.45) is 0 Å². The number of unbranched alkanes of at least 4 members (excludes halogenated alkanes) is 4. The Labute approximate surface area is 94.3 Å². The largest absolute Gasteiger partial charge is 0.297 e. The molecular formula is C12H17FOS. The van der Waals surface area contributed by atoms with Crippen LogP contribution in [0.15, 0.2) is 12.1 Å². The van der Waals surface area contributed by atoms with E-state index in [1.165, 1.54) is 4.88 Å². The molecule has 0 radical (unpaired) electrons. The SMILES string of the molecule is O=Cc1ccc(CCCCCCCF)s1. The fraction of sp³-hybridized carbons (Fsp3) is 0.583. The van der Waals surface area contributed by atoms with Gasteiger partial charge in [-0.25, -0.2) is 0 Å². The highest BCUT2D eigenvalue weighted by molar-refractivity contribution is 7.13. The smallest absolute Gasteiger partial charge is 0.160 e. The molecule has 0 N–H and O–H groups in total. The van der Waals surface area contributed by atoms with Crippen molar-refractivity contribution >= 4 is 17.6 Å². The third-order valence-corrected chi connectivity index (χ3v) is 3.43. The molecule has 0 spiro atoms. The molecule has 1 rings (SSSR count). The highest BCUT2D eigenvalue weighted by atomic mass is 32.1. The number of hydrogen-bond acceptors (Lipinski definition) is 2. The highest BCUT2D eigenvalue weighted by Gasteiger charge is 1.98. The van der Waals surface area contributed by atoms with Gasteiger partial charge in [-0.3, -0.25) is 9.18 Å². The lowest BCUT2D eigenvalue weighted by molar-refractivity contribution is 0.112. The summed E-state index contributed by atoms with van der Waals surface area (Å²) in [5.41, 5.74) is 0. The van der Waals surface area contributed by atoms with Gasteiger partial charge in [0.1, 0.15) is 0 Å². The van der Waals surface area contributed by atoms with E-state index in [2.05, 4.69) is 0 Å². The Balaban J connectivity index is 2.07. The summed E-state index contributed by atoms with van der Waals surface area (Å²) in [6.45, 7) is -0.187. The van der Waals surface area contributed by atoms with E-state index in [9.17, 15) is 9.18 Å². The third kappa shape index (κ3) is 5.07. The van der Waals surface area contributed by atoms with Crippen LogP contribution in [0.2, 0.25) is 0 Å². The summed E-state index contributed by atoms with van der Waals surface area (Å²) in [4.78, 5) is 12.5. The maximum Gasteiger partial charge on any atom is 0.160 e. The second-order valence-corrected chi connectivity index (χ2v) is 4.83. The molecule has 84 valence electrons. The monoisotopic (exact) mass is 228 g/mol. The second kappa shape index (κ2) is 7.57. The molecule has 3 heteroatoms. The normalized spacial score (nSPS) is 10.5. The Bertz CT molecular complexity index is 283. The lowest BCUT2D eigenvalue weighted by Gasteiger charge is -1.98. The summed E-state index contributed by atoms with van der Waals surface area (Å²) in [6.07, 6.45) is 7.08. The Morgan fingerprint density at radius 1 is 1.13 bits per heavy atom. The maximum absolute atomic E-state index is 11.8. The summed E-state index contributed by atoms with van der Waals surface area (Å²) < 4.78 is 11.8.